The molecule has 1 N–H and O–H groups in total. The van der Waals surface area contributed by atoms with Crippen LogP contribution in [0.15, 0.2) is 29.8 Å². The van der Waals surface area contributed by atoms with Gasteiger partial charge in [-0.3, -0.25) is 13.5 Å². The molecule has 0 radical (unpaired) electrons. The molecule has 1 atom stereocenters. The number of anilines is 1. The first-order chi connectivity index (χ1) is 14.0. The molecule has 1 unspecified atom stereocenters. The molecule has 0 amide bonds. The molecule has 3 rings (SSSR count). The Kier molecular flexibility index (Phi) is 7.75. The highest BCUT2D eigenvalue weighted by Crippen LogP contribution is 2.33. The molecule has 2 heterocycles. The number of hydrogen-bond acceptors (Lipinski definition) is 5. The highest BCUT2D eigenvalue weighted by Gasteiger charge is 2.22. The van der Waals surface area contributed by atoms with E-state index in [2.05, 4.69) is 25.9 Å². The van der Waals surface area contributed by atoms with E-state index in [9.17, 15) is 14.3 Å². The normalized spacial score (nSPS) is 16.6. The molecular formula is C19H21IN4O3S2. The summed E-state index contributed by atoms with van der Waals surface area (Å²) in [5, 5.41) is 10.2. The lowest BCUT2D eigenvalue weighted by molar-refractivity contribution is 0.0754. The molecule has 10 heteroatoms. The fraction of sp³-hybridized carbons (Fsp3) is 0.368. The average Bonchev–Trinajstić information content (AvgIpc) is 3.09. The summed E-state index contributed by atoms with van der Waals surface area (Å²) in [5.41, 5.74) is 3.10. The number of rotatable bonds is 7. The first kappa shape index (κ1) is 22.3. The quantitative estimate of drug-likeness (QED) is 0.245. The number of carbonyl (C=O) groups excluding carboxylic acids is 1. The predicted octanol–water partition coefficient (Wildman–Crippen LogP) is 4.16. The third-order valence-electron chi connectivity index (χ3n) is 4.58. The van der Waals surface area contributed by atoms with Gasteiger partial charge in [-0.25, -0.2) is 8.51 Å². The van der Waals surface area contributed by atoms with Crippen LogP contribution in [0, 0.1) is 18.3 Å². The van der Waals surface area contributed by atoms with Crippen molar-refractivity contribution in [1.82, 2.24) is 8.28 Å². The topological polar surface area (TPSA) is 87.4 Å². The molecule has 1 aromatic heterocycles. The Labute approximate surface area is 188 Å². The Balaban J connectivity index is 1.98. The zero-order chi connectivity index (χ0) is 21.0. The van der Waals surface area contributed by atoms with Gasteiger partial charge in [0, 0.05) is 48.8 Å². The van der Waals surface area contributed by atoms with E-state index in [1.807, 2.05) is 36.4 Å². The van der Waals surface area contributed by atoms with Gasteiger partial charge < -0.3 is 4.74 Å². The van der Waals surface area contributed by atoms with Crippen molar-refractivity contribution in [1.29, 1.82) is 5.26 Å². The molecule has 154 valence electrons. The Bertz CT molecular complexity index is 1020. The highest BCUT2D eigenvalue weighted by atomic mass is 127. The number of carbonyl (C=O) groups is 1. The van der Waals surface area contributed by atoms with Crippen LogP contribution >= 0.6 is 30.3 Å². The van der Waals surface area contributed by atoms with E-state index in [4.69, 9.17) is 4.74 Å². The van der Waals surface area contributed by atoms with Gasteiger partial charge in [-0.15, -0.1) is 0 Å². The zero-order valence-corrected chi connectivity index (χ0v) is 19.9. The summed E-state index contributed by atoms with van der Waals surface area (Å²) >= 11 is 0.751. The molecule has 0 spiro atoms. The number of benzene rings is 1. The SMILES string of the molecule is CC/C=C(\C#N)C(=O)c1cc2cc(C)c(NS(=O)N3CCOCC3)cc2n1SI. The number of nitriles is 1. The van der Waals surface area contributed by atoms with E-state index in [-0.39, 0.29) is 11.4 Å². The van der Waals surface area contributed by atoms with Gasteiger partial charge in [-0.1, -0.05) is 13.0 Å². The largest absolute Gasteiger partial charge is 0.379 e. The van der Waals surface area contributed by atoms with E-state index in [1.165, 1.54) is 9.12 Å². The lowest BCUT2D eigenvalue weighted by Crippen LogP contribution is -2.40. The van der Waals surface area contributed by atoms with Crippen molar-refractivity contribution < 1.29 is 13.7 Å². The Morgan fingerprint density at radius 2 is 2.14 bits per heavy atom. The maximum atomic E-state index is 12.9. The maximum Gasteiger partial charge on any atom is 0.220 e. The summed E-state index contributed by atoms with van der Waals surface area (Å²) < 4.78 is 24.7. The summed E-state index contributed by atoms with van der Waals surface area (Å²) in [4.78, 5) is 12.9. The van der Waals surface area contributed by atoms with Crippen LogP contribution in [0.25, 0.3) is 10.9 Å². The average molecular weight is 544 g/mol. The number of nitrogens with one attached hydrogen (secondary N) is 1. The molecule has 0 saturated carbocycles. The van der Waals surface area contributed by atoms with Gasteiger partial charge in [-0.05, 0) is 37.1 Å². The zero-order valence-electron chi connectivity index (χ0n) is 16.1. The minimum atomic E-state index is -1.37. The number of hydrogen-bond donors (Lipinski definition) is 1. The molecule has 29 heavy (non-hydrogen) atoms. The van der Waals surface area contributed by atoms with Crippen molar-refractivity contribution in [3.05, 3.63) is 41.1 Å². The molecule has 1 fully saturated rings. The van der Waals surface area contributed by atoms with Crippen molar-refractivity contribution in [3.8, 4) is 6.07 Å². The van der Waals surface area contributed by atoms with Gasteiger partial charge in [-0.2, -0.15) is 5.26 Å². The first-order valence-corrected chi connectivity index (χ1v) is 13.5. The number of nitrogens with zero attached hydrogens (tertiary/aromatic N) is 3. The molecule has 1 saturated heterocycles. The third kappa shape index (κ3) is 4.86. The van der Waals surface area contributed by atoms with Crippen molar-refractivity contribution in [3.63, 3.8) is 0 Å². The van der Waals surface area contributed by atoms with E-state index >= 15 is 0 Å². The molecule has 2 aromatic rings. The van der Waals surface area contributed by atoms with Crippen LogP contribution in [-0.2, 0) is 15.9 Å². The molecular weight excluding hydrogens is 523 g/mol. The van der Waals surface area contributed by atoms with Crippen molar-refractivity contribution in [2.24, 2.45) is 0 Å². The number of Topliss-reactive ketones (excluding diaryl/α,β-unsaturated/α-hetero) is 1. The standard InChI is InChI=1S/C19H21IN4O3S2/c1-3-4-14(12-21)19(25)18-10-15-9-13(2)16(11-17(15)24(18)28-20)22-29(26)23-5-7-27-8-6-23/h4,9-11,22H,3,5-8H2,1-2H3/b14-4+. The van der Waals surface area contributed by atoms with Crippen LogP contribution < -0.4 is 4.72 Å². The number of allylic oxidation sites excluding steroid dienone is 2. The minimum Gasteiger partial charge on any atom is -0.379 e. The monoisotopic (exact) mass is 544 g/mol. The Hall–Kier alpha value is -1.39. The van der Waals surface area contributed by atoms with Crippen LogP contribution in [0.2, 0.25) is 0 Å². The lowest BCUT2D eigenvalue weighted by atomic mass is 10.1. The van der Waals surface area contributed by atoms with E-state index in [0.717, 1.165) is 22.2 Å². The smallest absolute Gasteiger partial charge is 0.220 e. The second-order valence-electron chi connectivity index (χ2n) is 6.48. The van der Waals surface area contributed by atoms with E-state index < -0.39 is 11.2 Å². The van der Waals surface area contributed by atoms with Gasteiger partial charge in [0.25, 0.3) is 0 Å². The molecule has 0 bridgehead atoms. The van der Waals surface area contributed by atoms with Gasteiger partial charge in [0.15, 0.2) is 11.2 Å². The first-order valence-electron chi connectivity index (χ1n) is 9.11. The van der Waals surface area contributed by atoms with Crippen LogP contribution in [0.1, 0.15) is 29.4 Å². The highest BCUT2D eigenvalue weighted by molar-refractivity contribution is 14.2. The van der Waals surface area contributed by atoms with Crippen LogP contribution in [0.5, 0.6) is 0 Å². The van der Waals surface area contributed by atoms with Crippen molar-refractivity contribution in [2.75, 3.05) is 31.0 Å². The summed E-state index contributed by atoms with van der Waals surface area (Å²) in [5.74, 6) is -0.293. The maximum absolute atomic E-state index is 12.9. The number of ether oxygens (including phenoxy) is 1. The number of morpholine rings is 1. The number of aryl methyl sites for hydroxylation is 1. The summed E-state index contributed by atoms with van der Waals surface area (Å²) in [6.07, 6.45) is 2.26. The summed E-state index contributed by atoms with van der Waals surface area (Å²) in [7, 11) is 1.37. The Morgan fingerprint density at radius 3 is 2.76 bits per heavy atom. The summed E-state index contributed by atoms with van der Waals surface area (Å²) in [6, 6.07) is 7.67. The number of aromatic nitrogens is 1. The Morgan fingerprint density at radius 1 is 1.41 bits per heavy atom. The van der Waals surface area contributed by atoms with Gasteiger partial charge in [0.05, 0.1) is 30.0 Å². The third-order valence-corrected chi connectivity index (χ3v) is 7.52. The number of halogens is 1. The fourth-order valence-electron chi connectivity index (χ4n) is 3.09. The van der Waals surface area contributed by atoms with Crippen LogP contribution in [-0.4, -0.2) is 44.6 Å². The lowest BCUT2D eigenvalue weighted by Gasteiger charge is -2.25. The molecule has 0 aliphatic carbocycles. The molecule has 1 aliphatic rings. The van der Waals surface area contributed by atoms with Crippen molar-refractivity contribution >= 4 is 63.9 Å². The van der Waals surface area contributed by atoms with E-state index in [0.29, 0.717) is 38.4 Å². The fourth-order valence-corrected chi connectivity index (χ4v) is 5.82. The summed E-state index contributed by atoms with van der Waals surface area (Å²) in [6.45, 7) is 6.19. The van der Waals surface area contributed by atoms with Crippen LogP contribution in [0.3, 0.4) is 0 Å². The van der Waals surface area contributed by atoms with Gasteiger partial charge >= 0.3 is 0 Å². The predicted molar refractivity (Wildman–Crippen MR) is 126 cm³/mol. The number of ketones is 1. The van der Waals surface area contributed by atoms with Crippen LogP contribution in [0.4, 0.5) is 5.69 Å². The second kappa shape index (κ2) is 10.1. The second-order valence-corrected chi connectivity index (χ2v) is 9.38. The molecule has 1 aromatic carbocycles. The number of fused-ring (bicyclic) bond motifs is 1. The molecule has 1 aliphatic heterocycles. The van der Waals surface area contributed by atoms with E-state index in [1.54, 1.807) is 16.1 Å². The van der Waals surface area contributed by atoms with Gasteiger partial charge in [0.1, 0.15) is 11.8 Å². The van der Waals surface area contributed by atoms with Crippen molar-refractivity contribution in [2.45, 2.75) is 20.3 Å². The van der Waals surface area contributed by atoms with Gasteiger partial charge in [0.2, 0.25) is 5.78 Å². The molecule has 7 nitrogen and oxygen atoms in total. The minimum absolute atomic E-state index is 0.144.